The summed E-state index contributed by atoms with van der Waals surface area (Å²) in [6.07, 6.45) is 0. The van der Waals surface area contributed by atoms with Crippen LogP contribution in [-0.4, -0.2) is 29.5 Å². The third-order valence-corrected chi connectivity index (χ3v) is 6.09. The monoisotopic (exact) mass is 369 g/mol. The molecule has 0 fully saturated rings. The smallest absolute Gasteiger partial charge is 0.265 e. The van der Waals surface area contributed by atoms with E-state index in [4.69, 9.17) is 4.18 Å². The van der Waals surface area contributed by atoms with Crippen molar-refractivity contribution < 1.29 is 21.0 Å². The molecule has 1 N–H and O–H groups in total. The van der Waals surface area contributed by atoms with Crippen LogP contribution in [-0.2, 0) is 24.3 Å². The number of rotatable bonds is 7. The van der Waals surface area contributed by atoms with E-state index < -0.39 is 26.2 Å². The molecule has 0 spiro atoms. The van der Waals surface area contributed by atoms with Crippen molar-refractivity contribution in [3.05, 3.63) is 60.2 Å². The topological polar surface area (TPSA) is 89.5 Å². The lowest BCUT2D eigenvalue weighted by molar-refractivity contribution is 0.290. The molecule has 0 heterocycles. The standard InChI is InChI=1S/C16H19NO5S2/c1-13-8-10-15(11-9-13)23(18,19)17-14(2)12-22-24(20,21)16-6-4-3-5-7-16/h3-11,14,17H,12H2,1-2H3/t14-/m0/s1. The number of hydrogen-bond acceptors (Lipinski definition) is 5. The third kappa shape index (κ3) is 4.88. The first-order chi connectivity index (χ1) is 11.2. The van der Waals surface area contributed by atoms with E-state index >= 15 is 0 Å². The molecule has 8 heteroatoms. The fourth-order valence-electron chi connectivity index (χ4n) is 1.93. The predicted octanol–water partition coefficient (Wildman–Crippen LogP) is 2.07. The zero-order valence-corrected chi connectivity index (χ0v) is 15.0. The fraction of sp³-hybridized carbons (Fsp3) is 0.250. The normalized spacial score (nSPS) is 13.6. The van der Waals surface area contributed by atoms with Crippen LogP contribution in [0.2, 0.25) is 0 Å². The quantitative estimate of drug-likeness (QED) is 0.755. The molecule has 0 saturated heterocycles. The summed E-state index contributed by atoms with van der Waals surface area (Å²) in [5.41, 5.74) is 0.944. The summed E-state index contributed by atoms with van der Waals surface area (Å²) in [5, 5.41) is 0. The average molecular weight is 369 g/mol. The molecule has 2 aromatic carbocycles. The zero-order chi connectivity index (χ0) is 17.8. The average Bonchev–Trinajstić information content (AvgIpc) is 2.54. The number of sulfonamides is 1. The number of hydrogen-bond donors (Lipinski definition) is 1. The molecular weight excluding hydrogens is 350 g/mol. The van der Waals surface area contributed by atoms with Crippen molar-refractivity contribution in [3.63, 3.8) is 0 Å². The molecule has 0 radical (unpaired) electrons. The number of benzene rings is 2. The van der Waals surface area contributed by atoms with Crippen LogP contribution in [0.15, 0.2) is 64.4 Å². The Labute approximate surface area is 142 Å². The van der Waals surface area contributed by atoms with Gasteiger partial charge >= 0.3 is 0 Å². The minimum absolute atomic E-state index is 0.0265. The highest BCUT2D eigenvalue weighted by Gasteiger charge is 2.20. The highest BCUT2D eigenvalue weighted by atomic mass is 32.2. The second-order valence-corrected chi connectivity index (χ2v) is 8.72. The van der Waals surface area contributed by atoms with E-state index in [-0.39, 0.29) is 16.4 Å². The van der Waals surface area contributed by atoms with Crippen molar-refractivity contribution in [2.75, 3.05) is 6.61 Å². The van der Waals surface area contributed by atoms with E-state index in [9.17, 15) is 16.8 Å². The SMILES string of the molecule is Cc1ccc(S(=O)(=O)N[C@@H](C)COS(=O)(=O)c2ccccc2)cc1. The first-order valence-electron chi connectivity index (χ1n) is 7.24. The first kappa shape index (κ1) is 18.6. The summed E-state index contributed by atoms with van der Waals surface area (Å²) in [7, 11) is -7.65. The largest absolute Gasteiger partial charge is 0.297 e. The Morgan fingerprint density at radius 3 is 2.08 bits per heavy atom. The van der Waals surface area contributed by atoms with Crippen LogP contribution in [0.25, 0.3) is 0 Å². The van der Waals surface area contributed by atoms with Gasteiger partial charge in [-0.05, 0) is 38.1 Å². The van der Waals surface area contributed by atoms with Gasteiger partial charge in [0.25, 0.3) is 10.1 Å². The van der Waals surface area contributed by atoms with Gasteiger partial charge in [0.2, 0.25) is 10.0 Å². The van der Waals surface area contributed by atoms with E-state index in [0.717, 1.165) is 5.56 Å². The summed E-state index contributed by atoms with van der Waals surface area (Å²) >= 11 is 0. The molecule has 0 aliphatic heterocycles. The van der Waals surface area contributed by atoms with Gasteiger partial charge in [0.15, 0.2) is 0 Å². The Morgan fingerprint density at radius 2 is 1.50 bits per heavy atom. The van der Waals surface area contributed by atoms with Crippen molar-refractivity contribution in [2.45, 2.75) is 29.7 Å². The number of nitrogens with one attached hydrogen (secondary N) is 1. The Kier molecular flexibility index (Phi) is 5.76. The molecule has 0 aromatic heterocycles. The lowest BCUT2D eigenvalue weighted by atomic mass is 10.2. The van der Waals surface area contributed by atoms with E-state index in [1.165, 1.54) is 31.2 Å². The van der Waals surface area contributed by atoms with Crippen LogP contribution in [0.5, 0.6) is 0 Å². The van der Waals surface area contributed by atoms with Gasteiger partial charge in [-0.2, -0.15) is 8.42 Å². The van der Waals surface area contributed by atoms with Gasteiger partial charge < -0.3 is 0 Å². The lowest BCUT2D eigenvalue weighted by Gasteiger charge is -2.14. The molecule has 2 aromatic rings. The van der Waals surface area contributed by atoms with Gasteiger partial charge in [0.05, 0.1) is 16.4 Å². The lowest BCUT2D eigenvalue weighted by Crippen LogP contribution is -2.36. The van der Waals surface area contributed by atoms with Gasteiger partial charge in [-0.1, -0.05) is 35.9 Å². The van der Waals surface area contributed by atoms with Crippen LogP contribution in [0.3, 0.4) is 0 Å². The maximum absolute atomic E-state index is 12.2. The van der Waals surface area contributed by atoms with Crippen LogP contribution >= 0.6 is 0 Å². The summed E-state index contributed by atoms with van der Waals surface area (Å²) in [4.78, 5) is 0.143. The zero-order valence-electron chi connectivity index (χ0n) is 13.3. The highest BCUT2D eigenvalue weighted by Crippen LogP contribution is 2.13. The van der Waals surface area contributed by atoms with Crippen LogP contribution in [0, 0.1) is 6.92 Å². The molecule has 0 aliphatic carbocycles. The molecule has 0 unspecified atom stereocenters. The molecule has 6 nitrogen and oxygen atoms in total. The van der Waals surface area contributed by atoms with E-state index in [2.05, 4.69) is 4.72 Å². The summed E-state index contributed by atoms with van der Waals surface area (Å²) in [5.74, 6) is 0. The number of aryl methyl sites for hydroxylation is 1. The van der Waals surface area contributed by atoms with Gasteiger partial charge in [0, 0.05) is 6.04 Å². The molecule has 0 bridgehead atoms. The van der Waals surface area contributed by atoms with E-state index in [0.29, 0.717) is 0 Å². The van der Waals surface area contributed by atoms with Gasteiger partial charge in [0.1, 0.15) is 0 Å². The molecule has 24 heavy (non-hydrogen) atoms. The molecule has 0 aliphatic rings. The Bertz CT molecular complexity index is 876. The highest BCUT2D eigenvalue weighted by molar-refractivity contribution is 7.89. The Balaban J connectivity index is 2.00. The summed E-state index contributed by atoms with van der Waals surface area (Å²) < 4.78 is 55.8. The maximum Gasteiger partial charge on any atom is 0.297 e. The van der Waals surface area contributed by atoms with Crippen molar-refractivity contribution in [1.82, 2.24) is 4.72 Å². The summed E-state index contributed by atoms with van der Waals surface area (Å²) in [6, 6.07) is 13.3. The van der Waals surface area contributed by atoms with Crippen LogP contribution < -0.4 is 4.72 Å². The third-order valence-electron chi connectivity index (χ3n) is 3.19. The molecule has 2 rings (SSSR count). The van der Waals surface area contributed by atoms with Crippen LogP contribution in [0.4, 0.5) is 0 Å². The van der Waals surface area contributed by atoms with Gasteiger partial charge in [-0.15, -0.1) is 0 Å². The van der Waals surface area contributed by atoms with Gasteiger partial charge in [-0.3, -0.25) is 4.18 Å². The minimum atomic E-state index is -3.92. The second-order valence-electron chi connectivity index (χ2n) is 5.39. The fourth-order valence-corrected chi connectivity index (χ4v) is 4.17. The maximum atomic E-state index is 12.2. The van der Waals surface area contributed by atoms with Crippen molar-refractivity contribution in [1.29, 1.82) is 0 Å². The molecular formula is C16H19NO5S2. The summed E-state index contributed by atoms with van der Waals surface area (Å²) in [6.45, 7) is 3.09. The first-order valence-corrected chi connectivity index (χ1v) is 10.1. The van der Waals surface area contributed by atoms with Crippen molar-refractivity contribution >= 4 is 20.1 Å². The Morgan fingerprint density at radius 1 is 0.917 bits per heavy atom. The van der Waals surface area contributed by atoms with Crippen molar-refractivity contribution in [3.8, 4) is 0 Å². The molecule has 130 valence electrons. The molecule has 1 atom stereocenters. The van der Waals surface area contributed by atoms with Crippen LogP contribution in [0.1, 0.15) is 12.5 Å². The minimum Gasteiger partial charge on any atom is -0.265 e. The van der Waals surface area contributed by atoms with Gasteiger partial charge in [-0.25, -0.2) is 13.1 Å². The Hall–Kier alpha value is -1.74. The second kappa shape index (κ2) is 7.43. The van der Waals surface area contributed by atoms with Crippen molar-refractivity contribution in [2.24, 2.45) is 0 Å². The van der Waals surface area contributed by atoms with E-state index in [1.807, 2.05) is 6.92 Å². The molecule has 0 saturated carbocycles. The molecule has 0 amide bonds. The predicted molar refractivity (Wildman–Crippen MR) is 90.5 cm³/mol. The van der Waals surface area contributed by atoms with E-state index in [1.54, 1.807) is 30.3 Å².